The van der Waals surface area contributed by atoms with E-state index in [1.165, 1.54) is 25.3 Å². The standard InChI is InChI=1S/C16H24FNO/c1-2-15(18)16(13-10-6-7-11-14(13)17)19-12-8-4-3-5-9-12/h6-7,10-12,15-16H,2-5,8-9,18H2,1H3. The number of hydrogen-bond acceptors (Lipinski definition) is 2. The first kappa shape index (κ1) is 14.5. The molecule has 0 amide bonds. The van der Waals surface area contributed by atoms with Gasteiger partial charge in [-0.05, 0) is 25.3 Å². The van der Waals surface area contributed by atoms with Crippen LogP contribution in [0.4, 0.5) is 4.39 Å². The number of ether oxygens (including phenoxy) is 1. The molecule has 1 aromatic carbocycles. The van der Waals surface area contributed by atoms with Gasteiger partial charge >= 0.3 is 0 Å². The summed E-state index contributed by atoms with van der Waals surface area (Å²) in [7, 11) is 0. The Kier molecular flexibility index (Phi) is 5.34. The van der Waals surface area contributed by atoms with Crippen molar-refractivity contribution in [2.24, 2.45) is 5.73 Å². The van der Waals surface area contributed by atoms with Crippen molar-refractivity contribution in [3.05, 3.63) is 35.6 Å². The summed E-state index contributed by atoms with van der Waals surface area (Å²) in [6, 6.07) is 6.66. The van der Waals surface area contributed by atoms with Crippen LogP contribution in [0.1, 0.15) is 57.1 Å². The lowest BCUT2D eigenvalue weighted by Crippen LogP contribution is -2.33. The Bertz CT molecular complexity index is 390. The first-order valence-corrected chi connectivity index (χ1v) is 7.37. The second-order valence-electron chi connectivity index (χ2n) is 5.41. The number of rotatable bonds is 5. The van der Waals surface area contributed by atoms with Crippen LogP contribution in [-0.2, 0) is 4.74 Å². The molecule has 0 saturated heterocycles. The Morgan fingerprint density at radius 1 is 1.26 bits per heavy atom. The number of hydrogen-bond donors (Lipinski definition) is 1. The first-order chi connectivity index (χ1) is 9.22. The third-order valence-electron chi connectivity index (χ3n) is 3.96. The van der Waals surface area contributed by atoms with Gasteiger partial charge in [-0.15, -0.1) is 0 Å². The number of nitrogens with two attached hydrogens (primary N) is 1. The lowest BCUT2D eigenvalue weighted by molar-refractivity contribution is -0.0451. The molecule has 0 bridgehead atoms. The summed E-state index contributed by atoms with van der Waals surface area (Å²) in [6.07, 6.45) is 6.52. The van der Waals surface area contributed by atoms with Crippen molar-refractivity contribution in [1.82, 2.24) is 0 Å². The van der Waals surface area contributed by atoms with Gasteiger partial charge < -0.3 is 10.5 Å². The molecule has 0 aliphatic heterocycles. The van der Waals surface area contributed by atoms with E-state index in [4.69, 9.17) is 10.5 Å². The van der Waals surface area contributed by atoms with Gasteiger partial charge in [0, 0.05) is 11.6 Å². The van der Waals surface area contributed by atoms with E-state index < -0.39 is 0 Å². The van der Waals surface area contributed by atoms with Gasteiger partial charge in [-0.2, -0.15) is 0 Å². The van der Waals surface area contributed by atoms with Crippen LogP contribution in [-0.4, -0.2) is 12.1 Å². The molecule has 1 aliphatic rings. The van der Waals surface area contributed by atoms with Crippen LogP contribution in [0, 0.1) is 5.82 Å². The maximum atomic E-state index is 14.0. The van der Waals surface area contributed by atoms with E-state index in [1.54, 1.807) is 12.1 Å². The highest BCUT2D eigenvalue weighted by atomic mass is 19.1. The third-order valence-corrected chi connectivity index (χ3v) is 3.96. The van der Waals surface area contributed by atoms with E-state index in [0.717, 1.165) is 19.3 Å². The van der Waals surface area contributed by atoms with Crippen molar-refractivity contribution in [3.63, 3.8) is 0 Å². The highest BCUT2D eigenvalue weighted by molar-refractivity contribution is 5.21. The average molecular weight is 265 g/mol. The molecule has 1 aromatic rings. The fourth-order valence-corrected chi connectivity index (χ4v) is 2.73. The summed E-state index contributed by atoms with van der Waals surface area (Å²) in [5.41, 5.74) is 6.74. The van der Waals surface area contributed by atoms with Crippen molar-refractivity contribution in [3.8, 4) is 0 Å². The van der Waals surface area contributed by atoms with Crippen molar-refractivity contribution in [2.45, 2.75) is 63.7 Å². The molecule has 0 radical (unpaired) electrons. The molecular weight excluding hydrogens is 241 g/mol. The van der Waals surface area contributed by atoms with Crippen LogP contribution >= 0.6 is 0 Å². The van der Waals surface area contributed by atoms with Crippen molar-refractivity contribution in [1.29, 1.82) is 0 Å². The molecule has 19 heavy (non-hydrogen) atoms. The summed E-state index contributed by atoms with van der Waals surface area (Å²) < 4.78 is 20.1. The minimum absolute atomic E-state index is 0.154. The summed E-state index contributed by atoms with van der Waals surface area (Å²) in [6.45, 7) is 2.02. The zero-order valence-electron chi connectivity index (χ0n) is 11.6. The molecule has 2 rings (SSSR count). The highest BCUT2D eigenvalue weighted by Crippen LogP contribution is 2.30. The maximum absolute atomic E-state index is 14.0. The predicted molar refractivity (Wildman–Crippen MR) is 75.4 cm³/mol. The Morgan fingerprint density at radius 2 is 1.95 bits per heavy atom. The Morgan fingerprint density at radius 3 is 2.58 bits per heavy atom. The Labute approximate surface area is 115 Å². The quantitative estimate of drug-likeness (QED) is 0.874. The molecule has 1 fully saturated rings. The minimum Gasteiger partial charge on any atom is -0.369 e. The van der Waals surface area contributed by atoms with Gasteiger partial charge in [-0.25, -0.2) is 4.39 Å². The van der Waals surface area contributed by atoms with E-state index in [-0.39, 0.29) is 24.1 Å². The maximum Gasteiger partial charge on any atom is 0.129 e. The number of halogens is 1. The summed E-state index contributed by atoms with van der Waals surface area (Å²) in [5, 5.41) is 0. The largest absolute Gasteiger partial charge is 0.369 e. The van der Waals surface area contributed by atoms with Crippen LogP contribution < -0.4 is 5.73 Å². The molecular formula is C16H24FNO. The van der Waals surface area contributed by atoms with Crippen molar-refractivity contribution in [2.75, 3.05) is 0 Å². The van der Waals surface area contributed by atoms with Gasteiger partial charge in [0.2, 0.25) is 0 Å². The smallest absolute Gasteiger partial charge is 0.129 e. The van der Waals surface area contributed by atoms with E-state index in [0.29, 0.717) is 5.56 Å². The predicted octanol–water partition coefficient (Wildman–Crippen LogP) is 3.95. The molecule has 2 unspecified atom stereocenters. The average Bonchev–Trinajstić information content (AvgIpc) is 2.46. The SMILES string of the molecule is CCC(N)C(OC1CCCCC1)c1ccccc1F. The van der Waals surface area contributed by atoms with Gasteiger partial charge in [0.1, 0.15) is 11.9 Å². The van der Waals surface area contributed by atoms with Gasteiger partial charge in [-0.3, -0.25) is 0 Å². The van der Waals surface area contributed by atoms with Gasteiger partial charge in [0.05, 0.1) is 6.10 Å². The topological polar surface area (TPSA) is 35.2 Å². The van der Waals surface area contributed by atoms with Crippen molar-refractivity contribution >= 4 is 0 Å². The Balaban J connectivity index is 2.13. The second-order valence-corrected chi connectivity index (χ2v) is 5.41. The number of benzene rings is 1. The van der Waals surface area contributed by atoms with E-state index in [1.807, 2.05) is 13.0 Å². The van der Waals surface area contributed by atoms with E-state index >= 15 is 0 Å². The third kappa shape index (κ3) is 3.77. The van der Waals surface area contributed by atoms with Gasteiger partial charge in [0.25, 0.3) is 0 Å². The molecule has 2 nitrogen and oxygen atoms in total. The van der Waals surface area contributed by atoms with E-state index in [9.17, 15) is 4.39 Å². The molecule has 3 heteroatoms. The van der Waals surface area contributed by atoms with Gasteiger partial charge in [-0.1, -0.05) is 44.4 Å². The second kappa shape index (κ2) is 7.01. The highest BCUT2D eigenvalue weighted by Gasteiger charge is 2.26. The zero-order valence-corrected chi connectivity index (χ0v) is 11.6. The lowest BCUT2D eigenvalue weighted by atomic mass is 9.95. The van der Waals surface area contributed by atoms with Crippen LogP contribution in [0.5, 0.6) is 0 Å². The summed E-state index contributed by atoms with van der Waals surface area (Å²) in [5.74, 6) is -0.216. The molecule has 2 N–H and O–H groups in total. The summed E-state index contributed by atoms with van der Waals surface area (Å²) >= 11 is 0. The zero-order chi connectivity index (χ0) is 13.7. The van der Waals surface area contributed by atoms with Crippen LogP contribution in [0.3, 0.4) is 0 Å². The first-order valence-electron chi connectivity index (χ1n) is 7.37. The van der Waals surface area contributed by atoms with Crippen LogP contribution in [0.15, 0.2) is 24.3 Å². The fraction of sp³-hybridized carbons (Fsp3) is 0.625. The molecule has 1 saturated carbocycles. The molecule has 0 heterocycles. The Hall–Kier alpha value is -0.930. The monoisotopic (exact) mass is 265 g/mol. The normalized spacial score (nSPS) is 20.2. The minimum atomic E-state index is -0.325. The molecule has 1 aliphatic carbocycles. The molecule has 106 valence electrons. The van der Waals surface area contributed by atoms with Gasteiger partial charge in [0.15, 0.2) is 0 Å². The molecule has 0 aromatic heterocycles. The lowest BCUT2D eigenvalue weighted by Gasteiger charge is -2.31. The van der Waals surface area contributed by atoms with Crippen molar-refractivity contribution < 1.29 is 9.13 Å². The molecule has 0 spiro atoms. The summed E-state index contributed by atoms with van der Waals surface area (Å²) in [4.78, 5) is 0. The fourth-order valence-electron chi connectivity index (χ4n) is 2.73. The molecule has 2 atom stereocenters. The van der Waals surface area contributed by atoms with Crippen LogP contribution in [0.25, 0.3) is 0 Å². The van der Waals surface area contributed by atoms with E-state index in [2.05, 4.69) is 0 Å². The van der Waals surface area contributed by atoms with Crippen LogP contribution in [0.2, 0.25) is 0 Å².